The predicted octanol–water partition coefficient (Wildman–Crippen LogP) is 18.6. The number of para-hydroxylation sites is 1. The monoisotopic (exact) mass is 995 g/mol. The van der Waals surface area contributed by atoms with E-state index in [0.717, 1.165) is 57.7 Å². The molecule has 76 heavy (non-hydrogen) atoms. The number of hydrogen-bond donors (Lipinski definition) is 0. The quantitative estimate of drug-likeness (QED) is 0.121. The van der Waals surface area contributed by atoms with E-state index in [0.29, 0.717) is 34.3 Å². The van der Waals surface area contributed by atoms with Crippen LogP contribution in [0.1, 0.15) is 145 Å². The molecule has 0 spiro atoms. The summed E-state index contributed by atoms with van der Waals surface area (Å²) in [5, 5.41) is 2.35. The molecule has 0 amide bonds. The Kier molecular flexibility index (Phi) is 11.8. The Morgan fingerprint density at radius 1 is 0.526 bits per heavy atom. The summed E-state index contributed by atoms with van der Waals surface area (Å²) in [6.45, 7) is 10.3. The molecule has 0 N–H and O–H groups in total. The smallest absolute Gasteiger partial charge is 0.238 e. The molecule has 8 atom stereocenters. The van der Waals surface area contributed by atoms with Gasteiger partial charge in [0.15, 0.2) is 11.6 Å². The van der Waals surface area contributed by atoms with E-state index in [2.05, 4.69) is 208 Å². The van der Waals surface area contributed by atoms with Crippen molar-refractivity contribution in [1.29, 1.82) is 0 Å². The van der Waals surface area contributed by atoms with E-state index in [4.69, 9.17) is 15.0 Å². The van der Waals surface area contributed by atoms with Crippen LogP contribution in [0.2, 0.25) is 0 Å². The number of benzene rings is 7. The Labute approximate surface area is 451 Å². The summed E-state index contributed by atoms with van der Waals surface area (Å²) < 4.78 is 2.30. The van der Waals surface area contributed by atoms with Crippen molar-refractivity contribution in [2.45, 2.75) is 122 Å². The Morgan fingerprint density at radius 3 is 1.91 bits per heavy atom. The van der Waals surface area contributed by atoms with Crippen LogP contribution in [0, 0.1) is 46.3 Å². The number of fused-ring (bicyclic) bond motifs is 11. The van der Waals surface area contributed by atoms with Gasteiger partial charge in [-0.3, -0.25) is 4.57 Å². The lowest BCUT2D eigenvalue weighted by Crippen LogP contribution is -2.53. The third kappa shape index (κ3) is 7.54. The van der Waals surface area contributed by atoms with E-state index in [1.54, 1.807) is 0 Å². The van der Waals surface area contributed by atoms with Crippen LogP contribution in [-0.4, -0.2) is 19.5 Å². The maximum atomic E-state index is 5.47. The van der Waals surface area contributed by atoms with Crippen molar-refractivity contribution in [1.82, 2.24) is 19.5 Å². The van der Waals surface area contributed by atoms with Crippen LogP contribution >= 0.6 is 0 Å². The molecule has 0 saturated heterocycles. The number of hydrogen-bond acceptors (Lipinski definition) is 3. The highest BCUT2D eigenvalue weighted by Gasteiger charge is 2.60. The van der Waals surface area contributed by atoms with E-state index in [1.165, 1.54) is 133 Å². The average Bonchev–Trinajstić information content (AvgIpc) is 4.29. The topological polar surface area (TPSA) is 43.6 Å². The molecule has 4 fully saturated rings. The minimum atomic E-state index is -0.501. The largest absolute Gasteiger partial charge is 0.278 e. The minimum absolute atomic E-state index is 0.480. The van der Waals surface area contributed by atoms with Crippen LogP contribution < -0.4 is 0 Å². The van der Waals surface area contributed by atoms with Crippen LogP contribution in [-0.2, 0) is 5.41 Å². The summed E-state index contributed by atoms with van der Waals surface area (Å²) in [6, 6.07) is 64.8. The van der Waals surface area contributed by atoms with Crippen molar-refractivity contribution in [3.8, 4) is 39.9 Å². The van der Waals surface area contributed by atoms with Crippen molar-refractivity contribution in [2.24, 2.45) is 46.3 Å². The molecular weight excluding hydrogens is 921 g/mol. The third-order valence-electron chi connectivity index (χ3n) is 21.2. The molecule has 5 aliphatic carbocycles. The number of aromatic nitrogens is 4. The summed E-state index contributed by atoms with van der Waals surface area (Å²) in [5.41, 5.74) is 13.8. The van der Waals surface area contributed by atoms with Gasteiger partial charge in [-0.2, -0.15) is 9.97 Å². The number of unbranched alkanes of at least 4 members (excludes halogenated alkanes) is 1. The SMILES string of the molecule is CC(C)CCCCC1CCC2C3CCC4CC(c5ccc(-c6nc(-c7ccccc7)nc(-n7c8ccccc8c8cc9c(cc87)-c7ccccc7C9(c7ccccc7)c7ccccc7)n6)cc5)CCC4(C)C3CCC12C. The summed E-state index contributed by atoms with van der Waals surface area (Å²) in [6.07, 6.45) is 18.6. The van der Waals surface area contributed by atoms with E-state index >= 15 is 0 Å². The third-order valence-corrected chi connectivity index (χ3v) is 21.2. The molecule has 8 unspecified atom stereocenters. The van der Waals surface area contributed by atoms with E-state index in [-0.39, 0.29) is 0 Å². The second-order valence-electron chi connectivity index (χ2n) is 25.2. The molecule has 14 rings (SSSR count). The Balaban J connectivity index is 0.801. The van der Waals surface area contributed by atoms with Gasteiger partial charge in [-0.1, -0.05) is 205 Å². The van der Waals surface area contributed by atoms with Crippen molar-refractivity contribution < 1.29 is 0 Å². The number of nitrogens with zero attached hydrogens (tertiary/aromatic N) is 4. The molecule has 0 bridgehead atoms. The van der Waals surface area contributed by atoms with Crippen molar-refractivity contribution in [3.63, 3.8) is 0 Å². The molecule has 2 heterocycles. The maximum absolute atomic E-state index is 5.47. The van der Waals surface area contributed by atoms with Crippen molar-refractivity contribution in [2.75, 3.05) is 0 Å². The van der Waals surface area contributed by atoms with Crippen LogP contribution in [0.15, 0.2) is 176 Å². The summed E-state index contributed by atoms with van der Waals surface area (Å²) in [7, 11) is 0. The van der Waals surface area contributed by atoms with Gasteiger partial charge < -0.3 is 0 Å². The first-order valence-corrected chi connectivity index (χ1v) is 29.4. The van der Waals surface area contributed by atoms with Gasteiger partial charge in [-0.15, -0.1) is 0 Å². The second-order valence-corrected chi connectivity index (χ2v) is 25.2. The van der Waals surface area contributed by atoms with Crippen molar-refractivity contribution >= 4 is 21.8 Å². The first kappa shape index (κ1) is 47.8. The van der Waals surface area contributed by atoms with Gasteiger partial charge in [0.05, 0.1) is 16.4 Å². The molecular formula is C72H74N4. The van der Waals surface area contributed by atoms with E-state index in [1.807, 2.05) is 0 Å². The maximum Gasteiger partial charge on any atom is 0.238 e. The first-order valence-electron chi connectivity index (χ1n) is 29.4. The minimum Gasteiger partial charge on any atom is -0.278 e. The van der Waals surface area contributed by atoms with Gasteiger partial charge in [-0.25, -0.2) is 4.98 Å². The van der Waals surface area contributed by atoms with Crippen LogP contribution in [0.5, 0.6) is 0 Å². The fourth-order valence-electron chi connectivity index (χ4n) is 17.4. The number of rotatable bonds is 11. The van der Waals surface area contributed by atoms with Gasteiger partial charge in [0, 0.05) is 21.9 Å². The van der Waals surface area contributed by atoms with Crippen LogP contribution in [0.4, 0.5) is 0 Å². The highest BCUT2D eigenvalue weighted by atomic mass is 15.2. The standard InChI is InChI=1S/C72H74N4/c1-47(2)20-14-15-23-52-37-39-61-58-38-36-55-44-51(40-42-71(55,4)62(58)41-43-70(52,61)3)48-32-34-50(35-33-48)68-73-67(49-21-8-5-9-22-49)74-69(75-68)76-65-31-19-17-29-57(65)60-45-64-59(46-66(60)76)56-28-16-18-30-63(56)72(64,53-24-10-6-11-25-53)54-26-12-7-13-27-54/h5-13,16-19,21-22,24-35,45-47,51-52,55,58,61-62H,14-15,20,23,36-44H2,1-4H3. The van der Waals surface area contributed by atoms with Gasteiger partial charge in [-0.05, 0) is 174 Å². The molecule has 4 saturated carbocycles. The van der Waals surface area contributed by atoms with Crippen LogP contribution in [0.3, 0.4) is 0 Å². The van der Waals surface area contributed by atoms with Gasteiger partial charge in [0.25, 0.3) is 0 Å². The molecule has 0 radical (unpaired) electrons. The zero-order valence-corrected chi connectivity index (χ0v) is 45.3. The van der Waals surface area contributed by atoms with Gasteiger partial charge >= 0.3 is 0 Å². The van der Waals surface area contributed by atoms with Gasteiger partial charge in [0.1, 0.15) is 0 Å². The molecule has 0 aliphatic heterocycles. The lowest BCUT2D eigenvalue weighted by molar-refractivity contribution is -0.114. The zero-order chi connectivity index (χ0) is 51.2. The highest BCUT2D eigenvalue weighted by molar-refractivity contribution is 6.11. The Hall–Kier alpha value is -6.65. The van der Waals surface area contributed by atoms with Crippen molar-refractivity contribution in [3.05, 3.63) is 204 Å². The molecule has 382 valence electrons. The fraction of sp³-hybridized carbons (Fsp3) is 0.375. The zero-order valence-electron chi connectivity index (χ0n) is 45.3. The lowest BCUT2D eigenvalue weighted by atomic mass is 9.44. The molecule has 4 heteroatoms. The predicted molar refractivity (Wildman–Crippen MR) is 314 cm³/mol. The fourth-order valence-corrected chi connectivity index (χ4v) is 17.4. The molecule has 5 aliphatic rings. The Morgan fingerprint density at radius 2 is 1.17 bits per heavy atom. The summed E-state index contributed by atoms with van der Waals surface area (Å²) in [4.78, 5) is 16.1. The molecule has 4 nitrogen and oxygen atoms in total. The van der Waals surface area contributed by atoms with E-state index < -0.39 is 5.41 Å². The highest BCUT2D eigenvalue weighted by Crippen LogP contribution is 2.69. The lowest BCUT2D eigenvalue weighted by Gasteiger charge is -2.61. The normalized spacial score (nSPS) is 26.2. The average molecular weight is 995 g/mol. The first-order chi connectivity index (χ1) is 37.2. The second kappa shape index (κ2) is 18.8. The molecule has 7 aromatic carbocycles. The summed E-state index contributed by atoms with van der Waals surface area (Å²) in [5.74, 6) is 8.02. The van der Waals surface area contributed by atoms with Crippen LogP contribution in [0.25, 0.3) is 61.7 Å². The van der Waals surface area contributed by atoms with Gasteiger partial charge in [0.2, 0.25) is 5.95 Å². The van der Waals surface area contributed by atoms with E-state index in [9.17, 15) is 0 Å². The molecule has 9 aromatic rings. The molecule has 2 aromatic heterocycles. The summed E-state index contributed by atoms with van der Waals surface area (Å²) >= 11 is 0. The Bertz CT molecular complexity index is 3540.